The van der Waals surface area contributed by atoms with E-state index in [1.54, 1.807) is 12.1 Å². The first-order chi connectivity index (χ1) is 12.6. The molecule has 5 nitrogen and oxygen atoms in total. The Hall–Kier alpha value is -1.67. The number of carbonyl (C=O) groups excluding carboxylic acids is 1. The molecule has 1 aliphatic rings. The van der Waals surface area contributed by atoms with Gasteiger partial charge in [-0.25, -0.2) is 4.98 Å². The van der Waals surface area contributed by atoms with E-state index < -0.39 is 0 Å². The highest BCUT2D eigenvalue weighted by molar-refractivity contribution is 8.01. The summed E-state index contributed by atoms with van der Waals surface area (Å²) in [6.07, 6.45) is 0. The number of carbonyl (C=O) groups is 1. The number of amides is 1. The van der Waals surface area contributed by atoms with Crippen molar-refractivity contribution in [3.63, 3.8) is 0 Å². The van der Waals surface area contributed by atoms with Crippen LogP contribution in [0.5, 0.6) is 11.5 Å². The van der Waals surface area contributed by atoms with Crippen LogP contribution in [0.2, 0.25) is 10.0 Å². The third-order valence-electron chi connectivity index (χ3n) is 3.56. The molecule has 1 amide bonds. The molecule has 0 radical (unpaired) electrons. The van der Waals surface area contributed by atoms with Gasteiger partial charge in [0.25, 0.3) is 0 Å². The van der Waals surface area contributed by atoms with E-state index in [2.05, 4.69) is 10.3 Å². The van der Waals surface area contributed by atoms with Gasteiger partial charge in [0, 0.05) is 17.2 Å². The SMILES string of the molecule is O=C(CSc1nc2cc(Cl)ccc2s1)Nc1cc2c(cc1Cl)OCCO2. The highest BCUT2D eigenvalue weighted by Crippen LogP contribution is 2.38. The van der Waals surface area contributed by atoms with Gasteiger partial charge in [0.15, 0.2) is 15.8 Å². The summed E-state index contributed by atoms with van der Waals surface area (Å²) in [5.41, 5.74) is 1.33. The monoisotopic (exact) mass is 426 g/mol. The second-order valence-corrected chi connectivity index (χ2v) is 8.50. The predicted molar refractivity (Wildman–Crippen MR) is 106 cm³/mol. The topological polar surface area (TPSA) is 60.5 Å². The normalized spacial score (nSPS) is 13.0. The summed E-state index contributed by atoms with van der Waals surface area (Å²) < 4.78 is 12.8. The predicted octanol–water partition coefficient (Wildman–Crippen LogP) is 5.11. The van der Waals surface area contributed by atoms with Crippen LogP contribution in [0.15, 0.2) is 34.7 Å². The highest BCUT2D eigenvalue weighted by atomic mass is 35.5. The molecule has 0 saturated heterocycles. The Bertz CT molecular complexity index is 994. The molecule has 1 N–H and O–H groups in total. The second kappa shape index (κ2) is 7.52. The van der Waals surface area contributed by atoms with Gasteiger partial charge in [-0.1, -0.05) is 35.0 Å². The third kappa shape index (κ3) is 3.86. The molecule has 0 saturated carbocycles. The van der Waals surface area contributed by atoms with Crippen LogP contribution in [0.3, 0.4) is 0 Å². The molecule has 1 aliphatic heterocycles. The molecule has 2 aromatic carbocycles. The van der Waals surface area contributed by atoms with E-state index >= 15 is 0 Å². The summed E-state index contributed by atoms with van der Waals surface area (Å²) in [6.45, 7) is 0.957. The second-order valence-electron chi connectivity index (χ2n) is 5.40. The lowest BCUT2D eigenvalue weighted by Crippen LogP contribution is -2.17. The molecule has 3 aromatic rings. The van der Waals surface area contributed by atoms with Gasteiger partial charge in [-0.3, -0.25) is 4.79 Å². The molecule has 0 spiro atoms. The maximum absolute atomic E-state index is 12.3. The van der Waals surface area contributed by atoms with Gasteiger partial charge >= 0.3 is 0 Å². The molecule has 1 aromatic heterocycles. The van der Waals surface area contributed by atoms with Crippen molar-refractivity contribution in [2.45, 2.75) is 4.34 Å². The number of halogens is 2. The molecule has 0 bridgehead atoms. The molecular formula is C17H12Cl2N2O3S2. The van der Waals surface area contributed by atoms with Crippen LogP contribution in [-0.4, -0.2) is 29.9 Å². The van der Waals surface area contributed by atoms with Crippen molar-refractivity contribution in [1.29, 1.82) is 0 Å². The third-order valence-corrected chi connectivity index (χ3v) is 6.29. The molecule has 134 valence electrons. The largest absolute Gasteiger partial charge is 0.486 e. The Labute approximate surface area is 167 Å². The van der Waals surface area contributed by atoms with E-state index in [0.29, 0.717) is 40.4 Å². The molecule has 0 unspecified atom stereocenters. The van der Waals surface area contributed by atoms with Gasteiger partial charge in [-0.2, -0.15) is 0 Å². The van der Waals surface area contributed by atoms with Gasteiger partial charge in [-0.05, 0) is 18.2 Å². The van der Waals surface area contributed by atoms with Crippen LogP contribution in [0, 0.1) is 0 Å². The number of fused-ring (bicyclic) bond motifs is 2. The number of hydrogen-bond acceptors (Lipinski definition) is 6. The first-order valence-electron chi connectivity index (χ1n) is 7.66. The number of thioether (sulfide) groups is 1. The molecular weight excluding hydrogens is 415 g/mol. The first-order valence-corrected chi connectivity index (χ1v) is 10.2. The zero-order valence-electron chi connectivity index (χ0n) is 13.3. The van der Waals surface area contributed by atoms with Crippen LogP contribution in [-0.2, 0) is 4.79 Å². The summed E-state index contributed by atoms with van der Waals surface area (Å²) in [4.78, 5) is 16.8. The first kappa shape index (κ1) is 17.7. The summed E-state index contributed by atoms with van der Waals surface area (Å²) in [6, 6.07) is 8.89. The molecule has 26 heavy (non-hydrogen) atoms. The Balaban J connectivity index is 1.42. The van der Waals surface area contributed by atoms with E-state index in [0.717, 1.165) is 14.6 Å². The van der Waals surface area contributed by atoms with E-state index in [-0.39, 0.29) is 11.7 Å². The number of nitrogens with one attached hydrogen (secondary N) is 1. The van der Waals surface area contributed by atoms with Crippen molar-refractivity contribution in [1.82, 2.24) is 4.98 Å². The van der Waals surface area contributed by atoms with Gasteiger partial charge in [0.05, 0.1) is 26.7 Å². The highest BCUT2D eigenvalue weighted by Gasteiger charge is 2.17. The minimum Gasteiger partial charge on any atom is -0.486 e. The number of ether oxygens (including phenoxy) is 2. The number of thiazole rings is 1. The van der Waals surface area contributed by atoms with Crippen LogP contribution in [0.25, 0.3) is 10.2 Å². The number of rotatable bonds is 4. The number of hydrogen-bond donors (Lipinski definition) is 1. The zero-order valence-corrected chi connectivity index (χ0v) is 16.4. The summed E-state index contributed by atoms with van der Waals surface area (Å²) in [5, 5.41) is 3.85. The lowest BCUT2D eigenvalue weighted by atomic mass is 10.2. The number of aromatic nitrogens is 1. The molecule has 2 heterocycles. The fraction of sp³-hybridized carbons (Fsp3) is 0.176. The van der Waals surface area contributed by atoms with Gasteiger partial charge in [0.1, 0.15) is 13.2 Å². The van der Waals surface area contributed by atoms with Crippen molar-refractivity contribution in [3.05, 3.63) is 40.4 Å². The fourth-order valence-corrected chi connectivity index (χ4v) is 4.63. The van der Waals surface area contributed by atoms with Crippen molar-refractivity contribution in [2.75, 3.05) is 24.3 Å². The minimum atomic E-state index is -0.175. The van der Waals surface area contributed by atoms with Gasteiger partial charge in [-0.15, -0.1) is 11.3 Å². The van der Waals surface area contributed by atoms with E-state index in [1.807, 2.05) is 18.2 Å². The Morgan fingerprint density at radius 2 is 1.96 bits per heavy atom. The number of nitrogens with zero attached hydrogens (tertiary/aromatic N) is 1. The van der Waals surface area contributed by atoms with E-state index in [4.69, 9.17) is 32.7 Å². The lowest BCUT2D eigenvalue weighted by Gasteiger charge is -2.19. The fourth-order valence-electron chi connectivity index (χ4n) is 2.41. The summed E-state index contributed by atoms with van der Waals surface area (Å²) >= 11 is 15.1. The standard InChI is InChI=1S/C17H12Cl2N2O3S2/c18-9-1-2-15-12(5-9)21-17(26-15)25-8-16(22)20-11-7-14-13(6-10(11)19)23-3-4-24-14/h1-2,5-7H,3-4,8H2,(H,20,22). The van der Waals surface area contributed by atoms with Crippen molar-refractivity contribution < 1.29 is 14.3 Å². The molecule has 9 heteroatoms. The van der Waals surface area contributed by atoms with Gasteiger partial charge < -0.3 is 14.8 Å². The van der Waals surface area contributed by atoms with Crippen molar-refractivity contribution in [2.24, 2.45) is 0 Å². The van der Waals surface area contributed by atoms with Crippen LogP contribution in [0.4, 0.5) is 5.69 Å². The van der Waals surface area contributed by atoms with Crippen molar-refractivity contribution >= 4 is 68.1 Å². The van der Waals surface area contributed by atoms with E-state index in [1.165, 1.54) is 23.1 Å². The zero-order chi connectivity index (χ0) is 18.1. The Morgan fingerprint density at radius 1 is 1.19 bits per heavy atom. The minimum absolute atomic E-state index is 0.175. The van der Waals surface area contributed by atoms with Crippen LogP contribution >= 0.6 is 46.3 Å². The lowest BCUT2D eigenvalue weighted by molar-refractivity contribution is -0.113. The number of anilines is 1. The van der Waals surface area contributed by atoms with Crippen LogP contribution in [0.1, 0.15) is 0 Å². The molecule has 4 rings (SSSR count). The summed E-state index contributed by atoms with van der Waals surface area (Å²) in [5.74, 6) is 1.21. The quantitative estimate of drug-likeness (QED) is 0.587. The Morgan fingerprint density at radius 3 is 2.77 bits per heavy atom. The van der Waals surface area contributed by atoms with Crippen LogP contribution < -0.4 is 14.8 Å². The average molecular weight is 427 g/mol. The molecule has 0 fully saturated rings. The maximum atomic E-state index is 12.3. The van der Waals surface area contributed by atoms with Gasteiger partial charge in [0.2, 0.25) is 5.91 Å². The Kier molecular flexibility index (Phi) is 5.13. The molecule has 0 aliphatic carbocycles. The van der Waals surface area contributed by atoms with Crippen molar-refractivity contribution in [3.8, 4) is 11.5 Å². The number of benzene rings is 2. The van der Waals surface area contributed by atoms with E-state index in [9.17, 15) is 4.79 Å². The maximum Gasteiger partial charge on any atom is 0.234 e. The smallest absolute Gasteiger partial charge is 0.234 e. The average Bonchev–Trinajstić information content (AvgIpc) is 3.02. The summed E-state index contributed by atoms with van der Waals surface area (Å²) in [7, 11) is 0. The molecule has 0 atom stereocenters.